The van der Waals surface area contributed by atoms with E-state index in [4.69, 9.17) is 32.7 Å². The monoisotopic (exact) mass is 506 g/mol. The summed E-state index contributed by atoms with van der Waals surface area (Å²) in [4.78, 5) is 23.2. The highest BCUT2D eigenvalue weighted by Crippen LogP contribution is 2.33. The number of rotatable bonds is 5. The van der Waals surface area contributed by atoms with Crippen LogP contribution in [0.5, 0.6) is 11.5 Å². The molecule has 2 rings (SSSR count). The van der Waals surface area contributed by atoms with Crippen LogP contribution in [0.3, 0.4) is 0 Å². The highest BCUT2D eigenvalue weighted by molar-refractivity contribution is 14.1. The fourth-order valence-corrected chi connectivity index (χ4v) is 2.96. The number of hydrazone groups is 1. The highest BCUT2D eigenvalue weighted by atomic mass is 127. The standard InChI is InChI=1S/C17H13Cl2IN2O4/c1-9(23)26-16-14(20)5-10(6-15(16)25-2)8-21-22-17(24)11-3-4-12(18)13(19)7-11/h3-8H,1-2H3,(H,22,24)/b21-8-. The minimum absolute atomic E-state index is 0.281. The van der Waals surface area contributed by atoms with E-state index in [1.807, 2.05) is 22.6 Å². The molecule has 0 unspecified atom stereocenters. The van der Waals surface area contributed by atoms with E-state index in [-0.39, 0.29) is 5.02 Å². The fraction of sp³-hybridized carbons (Fsp3) is 0.118. The number of nitrogens with one attached hydrogen (secondary N) is 1. The molecule has 0 heterocycles. The summed E-state index contributed by atoms with van der Waals surface area (Å²) in [6, 6.07) is 7.89. The Labute approximate surface area is 173 Å². The summed E-state index contributed by atoms with van der Waals surface area (Å²) < 4.78 is 11.0. The van der Waals surface area contributed by atoms with Gasteiger partial charge in [0.2, 0.25) is 0 Å². The van der Waals surface area contributed by atoms with Gasteiger partial charge in [0.25, 0.3) is 5.91 Å². The minimum atomic E-state index is -0.448. The zero-order valence-electron chi connectivity index (χ0n) is 13.7. The maximum Gasteiger partial charge on any atom is 0.308 e. The largest absolute Gasteiger partial charge is 0.493 e. The average Bonchev–Trinajstić information content (AvgIpc) is 2.58. The van der Waals surface area contributed by atoms with Crippen molar-refractivity contribution >= 4 is 63.9 Å². The molecule has 0 fully saturated rings. The summed E-state index contributed by atoms with van der Waals surface area (Å²) in [6.07, 6.45) is 1.44. The third kappa shape index (κ3) is 5.33. The van der Waals surface area contributed by atoms with Crippen molar-refractivity contribution in [3.63, 3.8) is 0 Å². The van der Waals surface area contributed by atoms with E-state index in [0.29, 0.717) is 31.2 Å². The predicted molar refractivity (Wildman–Crippen MR) is 109 cm³/mol. The van der Waals surface area contributed by atoms with Crippen LogP contribution in [0.25, 0.3) is 0 Å². The van der Waals surface area contributed by atoms with Crippen molar-refractivity contribution in [1.82, 2.24) is 5.43 Å². The molecule has 26 heavy (non-hydrogen) atoms. The van der Waals surface area contributed by atoms with Gasteiger partial charge in [0.15, 0.2) is 11.5 Å². The van der Waals surface area contributed by atoms with Gasteiger partial charge in [-0.2, -0.15) is 5.10 Å². The second-order valence-corrected chi connectivity index (χ2v) is 6.93. The topological polar surface area (TPSA) is 77.0 Å². The average molecular weight is 507 g/mol. The van der Waals surface area contributed by atoms with Crippen LogP contribution in [0.2, 0.25) is 10.0 Å². The van der Waals surface area contributed by atoms with E-state index < -0.39 is 11.9 Å². The Morgan fingerprint density at radius 2 is 1.92 bits per heavy atom. The number of esters is 1. The first kappa shape index (κ1) is 20.5. The van der Waals surface area contributed by atoms with Crippen LogP contribution in [0, 0.1) is 3.57 Å². The summed E-state index contributed by atoms with van der Waals surface area (Å²) in [5.41, 5.74) is 3.38. The molecule has 0 atom stereocenters. The first-order chi connectivity index (χ1) is 12.3. The van der Waals surface area contributed by atoms with Gasteiger partial charge in [-0.3, -0.25) is 9.59 Å². The molecule has 2 aromatic carbocycles. The molecule has 0 saturated carbocycles. The van der Waals surface area contributed by atoms with E-state index in [2.05, 4.69) is 10.5 Å². The second-order valence-electron chi connectivity index (χ2n) is 4.96. The molecule has 2 aromatic rings. The molecule has 1 amide bonds. The number of nitrogens with zero attached hydrogens (tertiary/aromatic N) is 1. The number of methoxy groups -OCH3 is 1. The number of benzene rings is 2. The Bertz CT molecular complexity index is 887. The molecule has 0 aliphatic heterocycles. The second kappa shape index (κ2) is 9.20. The van der Waals surface area contributed by atoms with E-state index in [1.165, 1.54) is 32.4 Å². The van der Waals surface area contributed by atoms with Crippen molar-refractivity contribution in [3.8, 4) is 11.5 Å². The van der Waals surface area contributed by atoms with Gasteiger partial charge in [-0.1, -0.05) is 23.2 Å². The smallest absolute Gasteiger partial charge is 0.308 e. The van der Waals surface area contributed by atoms with E-state index >= 15 is 0 Å². The zero-order chi connectivity index (χ0) is 19.3. The Morgan fingerprint density at radius 3 is 2.54 bits per heavy atom. The van der Waals surface area contributed by atoms with Gasteiger partial charge in [0, 0.05) is 12.5 Å². The molecule has 0 bridgehead atoms. The van der Waals surface area contributed by atoms with Crippen molar-refractivity contribution < 1.29 is 19.1 Å². The zero-order valence-corrected chi connectivity index (χ0v) is 17.3. The molecule has 0 aliphatic carbocycles. The number of carbonyl (C=O) groups is 2. The maximum absolute atomic E-state index is 12.1. The molecule has 6 nitrogen and oxygen atoms in total. The van der Waals surface area contributed by atoms with Crippen LogP contribution < -0.4 is 14.9 Å². The molecular formula is C17H13Cl2IN2O4. The molecule has 1 N–H and O–H groups in total. The SMILES string of the molecule is COc1cc(/C=N\NC(=O)c2ccc(Cl)c(Cl)c2)cc(I)c1OC(C)=O. The lowest BCUT2D eigenvalue weighted by Gasteiger charge is -2.10. The van der Waals surface area contributed by atoms with Crippen LogP contribution in [-0.4, -0.2) is 25.2 Å². The summed E-state index contributed by atoms with van der Waals surface area (Å²) >= 11 is 13.7. The van der Waals surface area contributed by atoms with Crippen molar-refractivity contribution in [2.75, 3.05) is 7.11 Å². The minimum Gasteiger partial charge on any atom is -0.493 e. The number of carbonyl (C=O) groups excluding carboxylic acids is 2. The number of ether oxygens (including phenoxy) is 2. The van der Waals surface area contributed by atoms with E-state index in [9.17, 15) is 9.59 Å². The van der Waals surface area contributed by atoms with Crippen molar-refractivity contribution in [1.29, 1.82) is 0 Å². The maximum atomic E-state index is 12.1. The van der Waals surface area contributed by atoms with Gasteiger partial charge < -0.3 is 9.47 Å². The highest BCUT2D eigenvalue weighted by Gasteiger charge is 2.13. The van der Waals surface area contributed by atoms with Crippen molar-refractivity contribution in [2.45, 2.75) is 6.92 Å². The van der Waals surface area contributed by atoms with Crippen LogP contribution >= 0.6 is 45.8 Å². The summed E-state index contributed by atoms with van der Waals surface area (Å²) in [7, 11) is 1.46. The fourth-order valence-electron chi connectivity index (χ4n) is 1.92. The van der Waals surface area contributed by atoms with Gasteiger partial charge >= 0.3 is 5.97 Å². The number of amides is 1. The van der Waals surface area contributed by atoms with Gasteiger partial charge in [0.1, 0.15) is 0 Å². The predicted octanol–water partition coefficient (Wildman–Crippen LogP) is 4.30. The van der Waals surface area contributed by atoms with Crippen LogP contribution in [0.4, 0.5) is 0 Å². The molecule has 136 valence electrons. The number of halogens is 3. The molecule has 0 aromatic heterocycles. The number of hydrogen-bond acceptors (Lipinski definition) is 5. The van der Waals surface area contributed by atoms with Crippen LogP contribution in [-0.2, 0) is 4.79 Å². The molecule has 0 saturated heterocycles. The Morgan fingerprint density at radius 1 is 1.19 bits per heavy atom. The molecule has 0 radical (unpaired) electrons. The summed E-state index contributed by atoms with van der Waals surface area (Å²) in [5, 5.41) is 4.55. The Hall–Kier alpha value is -1.84. The molecule has 9 heteroatoms. The van der Waals surface area contributed by atoms with E-state index in [0.717, 1.165) is 0 Å². The van der Waals surface area contributed by atoms with Gasteiger partial charge in [0.05, 0.1) is 26.9 Å². The third-order valence-electron chi connectivity index (χ3n) is 3.06. The third-order valence-corrected chi connectivity index (χ3v) is 4.60. The Balaban J connectivity index is 2.14. The molecular weight excluding hydrogens is 494 g/mol. The van der Waals surface area contributed by atoms with Crippen LogP contribution in [0.15, 0.2) is 35.4 Å². The lowest BCUT2D eigenvalue weighted by atomic mass is 10.2. The van der Waals surface area contributed by atoms with E-state index in [1.54, 1.807) is 18.2 Å². The first-order valence-corrected chi connectivity index (χ1v) is 8.99. The van der Waals surface area contributed by atoms with Crippen molar-refractivity contribution in [2.24, 2.45) is 5.10 Å². The quantitative estimate of drug-likeness (QED) is 0.216. The Kier molecular flexibility index (Phi) is 7.24. The van der Waals surface area contributed by atoms with Crippen LogP contribution in [0.1, 0.15) is 22.8 Å². The lowest BCUT2D eigenvalue weighted by Crippen LogP contribution is -2.17. The summed E-state index contributed by atoms with van der Waals surface area (Å²) in [5.74, 6) is -0.170. The lowest BCUT2D eigenvalue weighted by molar-refractivity contribution is -0.132. The summed E-state index contributed by atoms with van der Waals surface area (Å²) in [6.45, 7) is 1.31. The number of hydrogen-bond donors (Lipinski definition) is 1. The first-order valence-electron chi connectivity index (χ1n) is 7.16. The molecule has 0 spiro atoms. The van der Waals surface area contributed by atoms with Gasteiger partial charge in [-0.15, -0.1) is 0 Å². The normalized spacial score (nSPS) is 10.7. The van der Waals surface area contributed by atoms with Crippen molar-refractivity contribution in [3.05, 3.63) is 55.1 Å². The van der Waals surface area contributed by atoms with Gasteiger partial charge in [-0.05, 0) is 58.5 Å². The molecule has 0 aliphatic rings. The van der Waals surface area contributed by atoms with Gasteiger partial charge in [-0.25, -0.2) is 5.43 Å².